The molecule has 0 amide bonds. The summed E-state index contributed by atoms with van der Waals surface area (Å²) in [6.07, 6.45) is 0. The molecule has 0 atom stereocenters. The summed E-state index contributed by atoms with van der Waals surface area (Å²) in [5.74, 6) is 1.04. The van der Waals surface area contributed by atoms with Crippen molar-refractivity contribution in [3.63, 3.8) is 0 Å². The highest BCUT2D eigenvalue weighted by Crippen LogP contribution is 2.37. The number of benzene rings is 1. The van der Waals surface area contributed by atoms with Gasteiger partial charge in [0.15, 0.2) is 0 Å². The van der Waals surface area contributed by atoms with Gasteiger partial charge in [-0.2, -0.15) is 0 Å². The van der Waals surface area contributed by atoms with Gasteiger partial charge in [0, 0.05) is 10.6 Å². The fourth-order valence-electron chi connectivity index (χ4n) is 0.979. The normalized spacial score (nSPS) is 16.2. The zero-order valence-electron chi connectivity index (χ0n) is 5.74. The Morgan fingerprint density at radius 2 is 2.09 bits per heavy atom. The first-order valence-corrected chi connectivity index (χ1v) is 5.50. The lowest BCUT2D eigenvalue weighted by molar-refractivity contribution is 1.28. The summed E-state index contributed by atoms with van der Waals surface area (Å²) in [6.45, 7) is 0. The number of hydrogen-bond donors (Lipinski definition) is 0. The second-order valence-electron chi connectivity index (χ2n) is 2.25. The van der Waals surface area contributed by atoms with E-state index in [0.717, 1.165) is 9.28 Å². The molecule has 0 saturated carbocycles. The molecule has 1 aromatic rings. The molecule has 0 bridgehead atoms. The van der Waals surface area contributed by atoms with Gasteiger partial charge in [0.1, 0.15) is 3.53 Å². The van der Waals surface area contributed by atoms with Crippen LogP contribution in [0.5, 0.6) is 0 Å². The van der Waals surface area contributed by atoms with Gasteiger partial charge < -0.3 is 0 Å². The minimum Gasteiger partial charge on any atom is -0.103 e. The summed E-state index contributed by atoms with van der Waals surface area (Å²) in [5.41, 5.74) is 1.41. The molecule has 0 N–H and O–H groups in total. The topological polar surface area (TPSA) is 0 Å². The average molecular weight is 198 g/mol. The smallest absolute Gasteiger partial charge is 0.103 e. The van der Waals surface area contributed by atoms with Crippen molar-refractivity contribution in [1.29, 1.82) is 0 Å². The maximum Gasteiger partial charge on any atom is 0.109 e. The van der Waals surface area contributed by atoms with E-state index in [2.05, 4.69) is 24.3 Å². The lowest BCUT2D eigenvalue weighted by atomic mass is 10.2. The van der Waals surface area contributed by atoms with E-state index < -0.39 is 0 Å². The SMILES string of the molecule is S=C1SCc2ccccc2S1. The highest BCUT2D eigenvalue weighted by Gasteiger charge is 2.12. The van der Waals surface area contributed by atoms with Crippen molar-refractivity contribution in [2.45, 2.75) is 10.6 Å². The fourth-order valence-corrected chi connectivity index (χ4v) is 3.32. The number of fused-ring (bicyclic) bond motifs is 1. The molecule has 0 unspecified atom stereocenters. The zero-order chi connectivity index (χ0) is 7.68. The third kappa shape index (κ3) is 1.60. The molecule has 1 aliphatic heterocycles. The van der Waals surface area contributed by atoms with Gasteiger partial charge >= 0.3 is 0 Å². The lowest BCUT2D eigenvalue weighted by Crippen LogP contribution is -1.94. The minimum absolute atomic E-state index is 1.04. The predicted octanol–water partition coefficient (Wildman–Crippen LogP) is 3.31. The molecule has 0 aliphatic carbocycles. The maximum absolute atomic E-state index is 5.11. The first-order chi connectivity index (χ1) is 5.36. The van der Waals surface area contributed by atoms with Crippen LogP contribution >= 0.6 is 35.7 Å². The van der Waals surface area contributed by atoms with Crippen molar-refractivity contribution in [2.75, 3.05) is 0 Å². The van der Waals surface area contributed by atoms with Gasteiger partial charge in [0.25, 0.3) is 0 Å². The van der Waals surface area contributed by atoms with E-state index in [-0.39, 0.29) is 0 Å². The molecule has 0 spiro atoms. The Hall–Kier alpha value is 0.01000. The second kappa shape index (κ2) is 3.17. The van der Waals surface area contributed by atoms with Crippen LogP contribution in [0.3, 0.4) is 0 Å². The van der Waals surface area contributed by atoms with Gasteiger partial charge in [-0.25, -0.2) is 0 Å². The Labute approximate surface area is 79.8 Å². The van der Waals surface area contributed by atoms with E-state index in [4.69, 9.17) is 12.2 Å². The summed E-state index contributed by atoms with van der Waals surface area (Å²) in [5, 5.41) is 0. The van der Waals surface area contributed by atoms with Crippen molar-refractivity contribution in [1.82, 2.24) is 0 Å². The molecular formula is C8H6S3. The summed E-state index contributed by atoms with van der Waals surface area (Å²) in [6, 6.07) is 8.43. The standard InChI is InChI=1S/C8H6S3/c9-8-10-5-6-3-1-2-4-7(6)11-8/h1-4H,5H2. The number of thioether (sulfide) groups is 2. The van der Waals surface area contributed by atoms with Crippen molar-refractivity contribution in [2.24, 2.45) is 0 Å². The van der Waals surface area contributed by atoms with Crippen LogP contribution in [-0.2, 0) is 5.75 Å². The molecule has 0 nitrogen and oxygen atoms in total. The van der Waals surface area contributed by atoms with Crippen LogP contribution in [0.2, 0.25) is 0 Å². The molecule has 2 rings (SSSR count). The predicted molar refractivity (Wildman–Crippen MR) is 56.2 cm³/mol. The van der Waals surface area contributed by atoms with E-state index in [0.29, 0.717) is 0 Å². The van der Waals surface area contributed by atoms with E-state index in [1.54, 1.807) is 23.5 Å². The van der Waals surface area contributed by atoms with Crippen LogP contribution in [0.25, 0.3) is 0 Å². The first-order valence-electron chi connectivity index (χ1n) is 3.29. The maximum atomic E-state index is 5.11. The molecule has 1 aliphatic rings. The molecular weight excluding hydrogens is 192 g/mol. The van der Waals surface area contributed by atoms with E-state index in [9.17, 15) is 0 Å². The molecule has 1 heterocycles. The van der Waals surface area contributed by atoms with Crippen molar-refractivity contribution in [3.05, 3.63) is 29.8 Å². The Balaban J connectivity index is 2.41. The molecule has 0 radical (unpaired) electrons. The van der Waals surface area contributed by atoms with Crippen LogP contribution in [-0.4, -0.2) is 3.53 Å². The van der Waals surface area contributed by atoms with Gasteiger partial charge in [0.05, 0.1) is 0 Å². The van der Waals surface area contributed by atoms with Crippen LogP contribution in [0.15, 0.2) is 29.2 Å². The number of thiocarbonyl (C=S) groups is 1. The van der Waals surface area contributed by atoms with E-state index in [1.165, 1.54) is 10.5 Å². The monoisotopic (exact) mass is 198 g/mol. The van der Waals surface area contributed by atoms with Crippen LogP contribution in [0.1, 0.15) is 5.56 Å². The van der Waals surface area contributed by atoms with Crippen LogP contribution < -0.4 is 0 Å². The molecule has 0 aromatic heterocycles. The number of rotatable bonds is 0. The van der Waals surface area contributed by atoms with Gasteiger partial charge in [-0.3, -0.25) is 0 Å². The van der Waals surface area contributed by atoms with Gasteiger partial charge in [0.2, 0.25) is 0 Å². The highest BCUT2D eigenvalue weighted by molar-refractivity contribution is 8.47. The fraction of sp³-hybridized carbons (Fsp3) is 0.125. The second-order valence-corrected chi connectivity index (χ2v) is 5.47. The Bertz CT molecular complexity index is 293. The summed E-state index contributed by atoms with van der Waals surface area (Å²) >= 11 is 8.57. The van der Waals surface area contributed by atoms with E-state index >= 15 is 0 Å². The van der Waals surface area contributed by atoms with Gasteiger partial charge in [-0.15, -0.1) is 11.8 Å². The van der Waals surface area contributed by atoms with Gasteiger partial charge in [-0.05, 0) is 11.6 Å². The van der Waals surface area contributed by atoms with Crippen LogP contribution in [0, 0.1) is 0 Å². The Morgan fingerprint density at radius 3 is 3.00 bits per heavy atom. The Kier molecular flexibility index (Phi) is 2.20. The molecule has 0 saturated heterocycles. The third-order valence-electron chi connectivity index (χ3n) is 1.51. The van der Waals surface area contributed by atoms with Gasteiger partial charge in [-0.1, -0.05) is 42.2 Å². The highest BCUT2D eigenvalue weighted by atomic mass is 32.2. The van der Waals surface area contributed by atoms with Crippen molar-refractivity contribution >= 4 is 39.3 Å². The molecule has 0 fully saturated rings. The van der Waals surface area contributed by atoms with Crippen molar-refractivity contribution < 1.29 is 0 Å². The largest absolute Gasteiger partial charge is 0.109 e. The molecule has 11 heavy (non-hydrogen) atoms. The Morgan fingerprint density at radius 1 is 1.27 bits per heavy atom. The summed E-state index contributed by atoms with van der Waals surface area (Å²) < 4.78 is 1.05. The van der Waals surface area contributed by atoms with Crippen molar-refractivity contribution in [3.8, 4) is 0 Å². The van der Waals surface area contributed by atoms with E-state index in [1.807, 2.05) is 0 Å². The third-order valence-corrected chi connectivity index (χ3v) is 4.19. The summed E-state index contributed by atoms with van der Waals surface area (Å²) in [4.78, 5) is 1.33. The van der Waals surface area contributed by atoms with Crippen LogP contribution in [0.4, 0.5) is 0 Å². The average Bonchev–Trinajstić information content (AvgIpc) is 2.04. The summed E-state index contributed by atoms with van der Waals surface area (Å²) in [7, 11) is 0. The molecule has 1 aromatic carbocycles. The lowest BCUT2D eigenvalue weighted by Gasteiger charge is -2.13. The first kappa shape index (κ1) is 7.65. The zero-order valence-corrected chi connectivity index (χ0v) is 8.19. The molecule has 56 valence electrons. The number of hydrogen-bond acceptors (Lipinski definition) is 3. The minimum atomic E-state index is 1.04. The molecule has 3 heteroatoms. The quantitative estimate of drug-likeness (QED) is 0.587.